The molecular weight excluding hydrogens is 863 g/mol. The fourth-order valence-electron chi connectivity index (χ4n) is 9.59. The zero-order valence-electron chi connectivity index (χ0n) is 47.0. The van der Waals surface area contributed by atoms with E-state index in [1.807, 2.05) is 6.08 Å². The molecule has 0 aliphatic rings. The van der Waals surface area contributed by atoms with Gasteiger partial charge in [0.2, 0.25) is 5.91 Å². The van der Waals surface area contributed by atoms with E-state index >= 15 is 0 Å². The second-order valence-corrected chi connectivity index (χ2v) is 21.4. The van der Waals surface area contributed by atoms with Crippen molar-refractivity contribution < 1.29 is 24.5 Å². The van der Waals surface area contributed by atoms with Crippen LogP contribution in [0, 0.1) is 0 Å². The van der Waals surface area contributed by atoms with Gasteiger partial charge in [0.05, 0.1) is 25.4 Å². The third-order valence-corrected chi connectivity index (χ3v) is 14.4. The molecule has 0 aromatic rings. The van der Waals surface area contributed by atoms with Gasteiger partial charge in [0.25, 0.3) is 0 Å². The number of nitrogens with one attached hydrogen (secondary N) is 1. The Balaban J connectivity index is 3.42. The minimum atomic E-state index is -0.846. The highest BCUT2D eigenvalue weighted by atomic mass is 16.5. The molecule has 2 atom stereocenters. The molecule has 0 spiro atoms. The van der Waals surface area contributed by atoms with Gasteiger partial charge in [-0.1, -0.05) is 301 Å². The van der Waals surface area contributed by atoms with Crippen LogP contribution in [0.2, 0.25) is 0 Å². The van der Waals surface area contributed by atoms with Gasteiger partial charge in [0.1, 0.15) is 0 Å². The molecule has 6 heteroatoms. The number of hydrogen-bond donors (Lipinski definition) is 3. The van der Waals surface area contributed by atoms with E-state index in [1.165, 1.54) is 257 Å². The SMILES string of the molecule is CCCC/C=C\C/C=C\CCCCCCCC(=O)OCCCCCCCCCCCCCCCCCCCCCCCC(=O)NC(CO)C(O)/C=C/CCCCCCCCCCCCCCCCCC. The van der Waals surface area contributed by atoms with Gasteiger partial charge in [-0.2, -0.15) is 0 Å². The first-order chi connectivity index (χ1) is 34.5. The van der Waals surface area contributed by atoms with Crippen molar-refractivity contribution in [3.8, 4) is 0 Å². The van der Waals surface area contributed by atoms with Crippen molar-refractivity contribution in [2.45, 2.75) is 347 Å². The van der Waals surface area contributed by atoms with Crippen molar-refractivity contribution in [2.75, 3.05) is 13.2 Å². The molecule has 0 rings (SSSR count). The van der Waals surface area contributed by atoms with Crippen LogP contribution in [0.15, 0.2) is 36.5 Å². The highest BCUT2D eigenvalue weighted by molar-refractivity contribution is 5.76. The first-order valence-corrected chi connectivity index (χ1v) is 31.3. The predicted octanol–water partition coefficient (Wildman–Crippen LogP) is 19.6. The van der Waals surface area contributed by atoms with E-state index < -0.39 is 12.1 Å². The molecule has 70 heavy (non-hydrogen) atoms. The van der Waals surface area contributed by atoms with Gasteiger partial charge in [-0.3, -0.25) is 9.59 Å². The number of hydrogen-bond acceptors (Lipinski definition) is 5. The summed E-state index contributed by atoms with van der Waals surface area (Å²) in [5.74, 6) is -0.0702. The van der Waals surface area contributed by atoms with Gasteiger partial charge >= 0.3 is 5.97 Å². The van der Waals surface area contributed by atoms with E-state index in [9.17, 15) is 19.8 Å². The average Bonchev–Trinajstić information content (AvgIpc) is 3.36. The lowest BCUT2D eigenvalue weighted by Gasteiger charge is -2.20. The number of carbonyl (C=O) groups excluding carboxylic acids is 2. The molecule has 6 nitrogen and oxygen atoms in total. The zero-order valence-corrected chi connectivity index (χ0v) is 47.0. The molecule has 0 heterocycles. The van der Waals surface area contributed by atoms with Crippen LogP contribution in [0.3, 0.4) is 0 Å². The van der Waals surface area contributed by atoms with Crippen molar-refractivity contribution >= 4 is 11.9 Å². The lowest BCUT2D eigenvalue weighted by molar-refractivity contribution is -0.143. The molecule has 0 aliphatic heterocycles. The van der Waals surface area contributed by atoms with Crippen molar-refractivity contribution in [2.24, 2.45) is 0 Å². The molecule has 1 amide bonds. The van der Waals surface area contributed by atoms with Crippen LogP contribution < -0.4 is 5.32 Å². The maximum Gasteiger partial charge on any atom is 0.305 e. The average molecular weight is 985 g/mol. The largest absolute Gasteiger partial charge is 0.466 e. The van der Waals surface area contributed by atoms with E-state index in [0.717, 1.165) is 51.4 Å². The molecule has 0 aromatic carbocycles. The molecule has 0 aromatic heterocycles. The van der Waals surface area contributed by atoms with Gasteiger partial charge in [-0.15, -0.1) is 0 Å². The Labute approximate surface area is 436 Å². The Hall–Kier alpha value is -1.92. The van der Waals surface area contributed by atoms with Crippen LogP contribution in [0.1, 0.15) is 335 Å². The number of carbonyl (C=O) groups is 2. The standard InChI is InChI=1S/C64H121NO5/c1-3-5-7-9-11-13-15-17-19-20-26-29-32-36-40-44-48-52-56-62(67)61(60-66)65-63(68)57-53-49-45-41-37-33-30-27-24-22-21-23-25-28-31-35-39-43-47-51-55-59-70-64(69)58-54-50-46-42-38-34-18-16-14-12-10-8-6-4-2/h10,12,16,18,52,56,61-62,66-67H,3-9,11,13-15,17,19-51,53-55,57-60H2,1-2H3,(H,65,68)/b12-10-,18-16-,56-52+. The molecule has 0 radical (unpaired) electrons. The predicted molar refractivity (Wildman–Crippen MR) is 306 cm³/mol. The Morgan fingerprint density at radius 3 is 1.13 bits per heavy atom. The molecule has 0 saturated heterocycles. The molecule has 0 fully saturated rings. The summed E-state index contributed by atoms with van der Waals surface area (Å²) in [6.45, 7) is 4.87. The summed E-state index contributed by atoms with van der Waals surface area (Å²) in [6.07, 6.45) is 74.6. The molecule has 0 bridgehead atoms. The summed E-state index contributed by atoms with van der Waals surface area (Å²) in [7, 11) is 0. The summed E-state index contributed by atoms with van der Waals surface area (Å²) in [5, 5.41) is 23.2. The van der Waals surface area contributed by atoms with E-state index in [0.29, 0.717) is 19.4 Å². The van der Waals surface area contributed by atoms with Gasteiger partial charge in [0.15, 0.2) is 0 Å². The lowest BCUT2D eigenvalue weighted by atomic mass is 10.0. The zero-order chi connectivity index (χ0) is 50.7. The van der Waals surface area contributed by atoms with Crippen LogP contribution in [-0.2, 0) is 14.3 Å². The summed E-state index contributed by atoms with van der Waals surface area (Å²) in [4.78, 5) is 24.5. The van der Waals surface area contributed by atoms with Crippen LogP contribution >= 0.6 is 0 Å². The lowest BCUT2D eigenvalue weighted by Crippen LogP contribution is -2.45. The molecule has 2 unspecified atom stereocenters. The second kappa shape index (κ2) is 59.6. The number of aliphatic hydroxyl groups excluding tert-OH is 2. The minimum absolute atomic E-state index is 0.00315. The van der Waals surface area contributed by atoms with Crippen molar-refractivity contribution in [3.05, 3.63) is 36.5 Å². The Morgan fingerprint density at radius 1 is 0.400 bits per heavy atom. The maximum absolute atomic E-state index is 12.5. The smallest absolute Gasteiger partial charge is 0.305 e. The van der Waals surface area contributed by atoms with Gasteiger partial charge < -0.3 is 20.3 Å². The van der Waals surface area contributed by atoms with Crippen molar-refractivity contribution in [1.82, 2.24) is 5.32 Å². The van der Waals surface area contributed by atoms with E-state index in [4.69, 9.17) is 4.74 Å². The van der Waals surface area contributed by atoms with E-state index in [-0.39, 0.29) is 18.5 Å². The van der Waals surface area contributed by atoms with Crippen LogP contribution in [0.5, 0.6) is 0 Å². The van der Waals surface area contributed by atoms with Crippen molar-refractivity contribution in [3.63, 3.8) is 0 Å². The Morgan fingerprint density at radius 2 is 0.729 bits per heavy atom. The summed E-state index contributed by atoms with van der Waals surface area (Å²) < 4.78 is 5.47. The Bertz CT molecular complexity index is 1130. The fraction of sp³-hybridized carbons (Fsp3) is 0.875. The van der Waals surface area contributed by atoms with E-state index in [2.05, 4.69) is 43.5 Å². The molecule has 412 valence electrons. The van der Waals surface area contributed by atoms with E-state index in [1.54, 1.807) is 6.08 Å². The summed E-state index contributed by atoms with van der Waals surface area (Å²) in [5.41, 5.74) is 0. The Kier molecular flexibility index (Phi) is 58.0. The highest BCUT2D eigenvalue weighted by Crippen LogP contribution is 2.18. The number of unbranched alkanes of at least 4 members (excludes halogenated alkanes) is 43. The monoisotopic (exact) mass is 984 g/mol. The number of ether oxygens (including phenoxy) is 1. The van der Waals surface area contributed by atoms with Gasteiger partial charge in [0, 0.05) is 12.8 Å². The van der Waals surface area contributed by atoms with Gasteiger partial charge in [-0.25, -0.2) is 0 Å². The summed E-state index contributed by atoms with van der Waals surface area (Å²) >= 11 is 0. The third kappa shape index (κ3) is 55.4. The first kappa shape index (κ1) is 68.1. The van der Waals surface area contributed by atoms with Gasteiger partial charge in [-0.05, 0) is 57.8 Å². The molecule has 3 N–H and O–H groups in total. The highest BCUT2D eigenvalue weighted by Gasteiger charge is 2.18. The molecule has 0 saturated carbocycles. The maximum atomic E-state index is 12.5. The summed E-state index contributed by atoms with van der Waals surface area (Å²) in [6, 6.07) is -0.629. The minimum Gasteiger partial charge on any atom is -0.466 e. The number of amides is 1. The number of aliphatic hydroxyl groups is 2. The first-order valence-electron chi connectivity index (χ1n) is 31.3. The topological polar surface area (TPSA) is 95.9 Å². The number of esters is 1. The third-order valence-electron chi connectivity index (χ3n) is 14.4. The fourth-order valence-corrected chi connectivity index (χ4v) is 9.59. The number of rotatable bonds is 58. The van der Waals surface area contributed by atoms with Crippen LogP contribution in [0.4, 0.5) is 0 Å². The van der Waals surface area contributed by atoms with Crippen molar-refractivity contribution in [1.29, 1.82) is 0 Å². The second-order valence-electron chi connectivity index (χ2n) is 21.4. The molecule has 0 aliphatic carbocycles. The normalized spacial score (nSPS) is 12.8. The number of allylic oxidation sites excluding steroid dienone is 5. The van der Waals surface area contributed by atoms with Crippen LogP contribution in [0.25, 0.3) is 0 Å². The molecular formula is C64H121NO5. The quantitative estimate of drug-likeness (QED) is 0.0321. The van der Waals surface area contributed by atoms with Crippen LogP contribution in [-0.4, -0.2) is 47.4 Å².